The van der Waals surface area contributed by atoms with E-state index in [0.717, 1.165) is 101 Å². The summed E-state index contributed by atoms with van der Waals surface area (Å²) in [5, 5.41) is 9.40. The number of para-hydroxylation sites is 1. The number of allylic oxidation sites excluding steroid dienone is 4. The molecule has 0 aliphatic heterocycles. The van der Waals surface area contributed by atoms with E-state index >= 15 is 4.57 Å². The molecule has 0 unspecified atom stereocenters. The van der Waals surface area contributed by atoms with Crippen LogP contribution in [-0.4, -0.2) is 19.9 Å². The summed E-state index contributed by atoms with van der Waals surface area (Å²) < 4.78 is 15.4. The average molecular weight is 741 g/mol. The van der Waals surface area contributed by atoms with Gasteiger partial charge in [0.1, 0.15) is 0 Å². The van der Waals surface area contributed by atoms with Crippen molar-refractivity contribution in [2.45, 2.75) is 26.7 Å². The van der Waals surface area contributed by atoms with Crippen LogP contribution >= 0.6 is 7.14 Å². The highest BCUT2D eigenvalue weighted by Crippen LogP contribution is 2.55. The zero-order valence-corrected chi connectivity index (χ0v) is 32.0. The number of hydrogen-bond acceptors (Lipinski definition) is 5. The van der Waals surface area contributed by atoms with Crippen LogP contribution in [0.15, 0.2) is 170 Å². The molecule has 6 heteroatoms. The van der Waals surface area contributed by atoms with Crippen LogP contribution < -0.4 is 10.6 Å². The molecular formula is C50H37N4OP. The van der Waals surface area contributed by atoms with Gasteiger partial charge in [-0.3, -0.25) is 9.97 Å². The van der Waals surface area contributed by atoms with Gasteiger partial charge in [0.2, 0.25) is 0 Å². The van der Waals surface area contributed by atoms with E-state index in [9.17, 15) is 0 Å². The van der Waals surface area contributed by atoms with E-state index in [1.165, 1.54) is 16.3 Å². The van der Waals surface area contributed by atoms with Crippen molar-refractivity contribution in [1.29, 1.82) is 0 Å². The number of fused-ring (bicyclic) bond motifs is 6. The van der Waals surface area contributed by atoms with Gasteiger partial charge in [0.15, 0.2) is 7.14 Å². The van der Waals surface area contributed by atoms with Gasteiger partial charge in [-0.15, -0.1) is 0 Å². The summed E-state index contributed by atoms with van der Waals surface area (Å²) in [4.78, 5) is 19.5. The van der Waals surface area contributed by atoms with Gasteiger partial charge >= 0.3 is 0 Å². The van der Waals surface area contributed by atoms with Crippen LogP contribution in [0.1, 0.15) is 29.5 Å². The zero-order valence-electron chi connectivity index (χ0n) is 31.1. The highest BCUT2D eigenvalue weighted by molar-refractivity contribution is 7.82. The third-order valence-electron chi connectivity index (χ3n) is 11.3. The first-order valence-corrected chi connectivity index (χ1v) is 20.7. The number of pyridine rings is 4. The molecule has 4 aromatic heterocycles. The van der Waals surface area contributed by atoms with Crippen LogP contribution in [0.5, 0.6) is 0 Å². The smallest absolute Gasteiger partial charge is 0.170 e. The Balaban J connectivity index is 1.24. The first kappa shape index (κ1) is 34.0. The van der Waals surface area contributed by atoms with Gasteiger partial charge in [0, 0.05) is 73.4 Å². The largest absolute Gasteiger partial charge is 0.309 e. The molecule has 0 N–H and O–H groups in total. The lowest BCUT2D eigenvalue weighted by Gasteiger charge is -2.24. The molecule has 0 saturated carbocycles. The van der Waals surface area contributed by atoms with Crippen LogP contribution in [0.25, 0.3) is 71.4 Å². The van der Waals surface area contributed by atoms with Crippen molar-refractivity contribution in [2.75, 3.05) is 0 Å². The summed E-state index contributed by atoms with van der Waals surface area (Å²) in [7, 11) is -3.12. The predicted octanol–water partition coefficient (Wildman–Crippen LogP) is 11.9. The van der Waals surface area contributed by atoms with E-state index in [0.29, 0.717) is 0 Å². The maximum absolute atomic E-state index is 15.4. The second kappa shape index (κ2) is 13.6. The maximum atomic E-state index is 15.4. The highest BCUT2D eigenvalue weighted by Gasteiger charge is 2.32. The van der Waals surface area contributed by atoms with Crippen LogP contribution in [0.3, 0.4) is 0 Å². The van der Waals surface area contributed by atoms with Crippen molar-refractivity contribution in [3.63, 3.8) is 0 Å². The summed E-state index contributed by atoms with van der Waals surface area (Å²) in [6.45, 7) is 4.47. The number of aryl methyl sites for hydroxylation is 2. The lowest BCUT2D eigenvalue weighted by Crippen LogP contribution is -2.17. The number of aromatic nitrogens is 4. The van der Waals surface area contributed by atoms with E-state index in [-0.39, 0.29) is 0 Å². The molecule has 0 radical (unpaired) electrons. The van der Waals surface area contributed by atoms with E-state index in [1.54, 1.807) is 0 Å². The van der Waals surface area contributed by atoms with E-state index in [4.69, 9.17) is 9.97 Å². The Morgan fingerprint density at radius 3 is 1.62 bits per heavy atom. The standard InChI is InChI=1S/C50H37N4OP/c1-32-45-41-18-9-10-19-43(41)53-49(34-22-26-51-27-23-34)47(45)33(2)46-42-21-20-37(31-44(42)54-50(48(32)46)35-24-28-52-29-25-35)36-12-11-17-40(30-36)56(55,38-13-5-3-6-14-38)39-15-7-4-8-16-39/h3-10,13-31H,11-12H2,1-2H3. The number of rotatable bonds is 6. The molecule has 56 heavy (non-hydrogen) atoms. The quantitative estimate of drug-likeness (QED) is 0.0964. The minimum absolute atomic E-state index is 0.805. The molecule has 0 bridgehead atoms. The van der Waals surface area contributed by atoms with Gasteiger partial charge in [-0.25, -0.2) is 9.97 Å². The third-order valence-corrected chi connectivity index (χ3v) is 14.4. The molecular weight excluding hydrogens is 704 g/mol. The molecule has 5 aromatic carbocycles. The number of benzene rings is 5. The van der Waals surface area contributed by atoms with Gasteiger partial charge in [-0.05, 0) is 102 Å². The summed E-state index contributed by atoms with van der Waals surface area (Å²) in [5.41, 5.74) is 10.4. The molecule has 0 spiro atoms. The second-order valence-corrected chi connectivity index (χ2v) is 17.3. The normalized spacial score (nSPS) is 13.3. The molecule has 1 aliphatic carbocycles. The molecule has 9 aromatic rings. The lowest BCUT2D eigenvalue weighted by atomic mass is 9.85. The molecule has 5 nitrogen and oxygen atoms in total. The molecule has 0 fully saturated rings. The first-order valence-electron chi connectivity index (χ1n) is 19.0. The Morgan fingerprint density at radius 1 is 0.518 bits per heavy atom. The highest BCUT2D eigenvalue weighted by atomic mass is 31.2. The maximum Gasteiger partial charge on any atom is 0.170 e. The predicted molar refractivity (Wildman–Crippen MR) is 233 cm³/mol. The Labute approximate surface area is 325 Å². The molecule has 0 amide bonds. The van der Waals surface area contributed by atoms with Crippen LogP contribution in [-0.2, 0) is 4.57 Å². The fraction of sp³-hybridized carbons (Fsp3) is 0.0800. The van der Waals surface area contributed by atoms with Crippen molar-refractivity contribution in [1.82, 2.24) is 19.9 Å². The Kier molecular flexibility index (Phi) is 8.27. The Hall–Kier alpha value is -6.55. The van der Waals surface area contributed by atoms with Crippen LogP contribution in [0, 0.1) is 13.8 Å². The third kappa shape index (κ3) is 5.42. The van der Waals surface area contributed by atoms with Gasteiger partial charge in [0.05, 0.1) is 22.4 Å². The fourth-order valence-corrected chi connectivity index (χ4v) is 11.5. The summed E-state index contributed by atoms with van der Waals surface area (Å²) in [6.07, 6.45) is 13.4. The van der Waals surface area contributed by atoms with Crippen molar-refractivity contribution < 1.29 is 4.57 Å². The lowest BCUT2D eigenvalue weighted by molar-refractivity contribution is 0.591. The van der Waals surface area contributed by atoms with Crippen LogP contribution in [0.4, 0.5) is 0 Å². The van der Waals surface area contributed by atoms with Gasteiger partial charge in [-0.1, -0.05) is 97.1 Å². The minimum Gasteiger partial charge on any atom is -0.309 e. The number of nitrogens with zero attached hydrogens (tertiary/aromatic N) is 4. The topological polar surface area (TPSA) is 68.6 Å². The SMILES string of the molecule is Cc1c2c(-c3ccncc3)nc3cc(C4=CC(P(=O)(c5ccccc5)c5ccccc5)=CCC4)ccc3c2c(C)c2c(-c3ccncc3)nc3ccccc3c12. The average Bonchev–Trinajstić information content (AvgIpc) is 3.27. The van der Waals surface area contributed by atoms with Crippen molar-refractivity contribution in [3.05, 3.63) is 186 Å². The van der Waals surface area contributed by atoms with Gasteiger partial charge < -0.3 is 4.57 Å². The van der Waals surface area contributed by atoms with Gasteiger partial charge in [0.25, 0.3) is 0 Å². The molecule has 0 atom stereocenters. The minimum atomic E-state index is -3.12. The summed E-state index contributed by atoms with van der Waals surface area (Å²) in [5.74, 6) is 0. The van der Waals surface area contributed by atoms with E-state index in [2.05, 4.69) is 90.6 Å². The zero-order chi connectivity index (χ0) is 37.8. The second-order valence-electron chi connectivity index (χ2n) is 14.5. The molecule has 0 saturated heterocycles. The van der Waals surface area contributed by atoms with Crippen molar-refractivity contribution in [2.24, 2.45) is 0 Å². The number of hydrogen-bond donors (Lipinski definition) is 0. The first-order chi connectivity index (χ1) is 27.5. The van der Waals surface area contributed by atoms with Crippen molar-refractivity contribution in [3.8, 4) is 22.5 Å². The molecule has 268 valence electrons. The van der Waals surface area contributed by atoms with Crippen molar-refractivity contribution >= 4 is 66.7 Å². The summed E-state index contributed by atoms with van der Waals surface area (Å²) >= 11 is 0. The van der Waals surface area contributed by atoms with Gasteiger partial charge in [-0.2, -0.15) is 0 Å². The molecule has 1 aliphatic rings. The Morgan fingerprint density at radius 2 is 1.04 bits per heavy atom. The summed E-state index contributed by atoms with van der Waals surface area (Å²) in [6, 6.07) is 43.2. The monoisotopic (exact) mass is 740 g/mol. The van der Waals surface area contributed by atoms with Crippen LogP contribution in [0.2, 0.25) is 0 Å². The Bertz CT molecular complexity index is 3060. The molecule has 10 rings (SSSR count). The van der Waals surface area contributed by atoms with E-state index < -0.39 is 7.14 Å². The fourth-order valence-electron chi connectivity index (χ4n) is 8.73. The van der Waals surface area contributed by atoms with E-state index in [1.807, 2.05) is 97.6 Å². The molecule has 4 heterocycles.